The first-order valence-electron chi connectivity index (χ1n) is 5.08. The summed E-state index contributed by atoms with van der Waals surface area (Å²) >= 11 is 0. The van der Waals surface area contributed by atoms with Gasteiger partial charge in [0.2, 0.25) is 0 Å². The minimum atomic E-state index is -0.170. The number of nitrogens with one attached hydrogen (secondary N) is 1. The first-order chi connectivity index (χ1) is 6.72. The molecule has 3 heteroatoms. The SMILES string of the molecule is CC1CCCc2cc(CO)c(=O)[nH]c21. The number of aliphatic hydroxyl groups is 1. The van der Waals surface area contributed by atoms with Gasteiger partial charge in [0, 0.05) is 11.3 Å². The van der Waals surface area contributed by atoms with E-state index in [9.17, 15) is 4.79 Å². The van der Waals surface area contributed by atoms with Gasteiger partial charge in [0.05, 0.1) is 6.61 Å². The van der Waals surface area contributed by atoms with E-state index in [0.717, 1.165) is 18.5 Å². The monoisotopic (exact) mass is 193 g/mol. The molecule has 0 fully saturated rings. The molecule has 1 aliphatic carbocycles. The fourth-order valence-corrected chi connectivity index (χ4v) is 2.14. The van der Waals surface area contributed by atoms with E-state index in [1.807, 2.05) is 6.07 Å². The van der Waals surface area contributed by atoms with Gasteiger partial charge in [0.25, 0.3) is 5.56 Å². The predicted octanol–water partition coefficient (Wildman–Crippen LogP) is 1.31. The van der Waals surface area contributed by atoms with Crippen LogP contribution in [-0.2, 0) is 13.0 Å². The Balaban J connectivity index is 2.54. The lowest BCUT2D eigenvalue weighted by Crippen LogP contribution is -2.20. The molecule has 0 amide bonds. The van der Waals surface area contributed by atoms with Crippen LogP contribution in [0.15, 0.2) is 10.9 Å². The van der Waals surface area contributed by atoms with Gasteiger partial charge in [-0.3, -0.25) is 4.79 Å². The number of rotatable bonds is 1. The molecule has 0 spiro atoms. The average molecular weight is 193 g/mol. The van der Waals surface area contributed by atoms with Crippen LogP contribution in [-0.4, -0.2) is 10.1 Å². The van der Waals surface area contributed by atoms with E-state index in [1.54, 1.807) is 0 Å². The van der Waals surface area contributed by atoms with Crippen LogP contribution in [0, 0.1) is 0 Å². The van der Waals surface area contributed by atoms with Crippen LogP contribution in [0.4, 0.5) is 0 Å². The van der Waals surface area contributed by atoms with Crippen molar-refractivity contribution in [2.24, 2.45) is 0 Å². The van der Waals surface area contributed by atoms with Crippen LogP contribution in [0.2, 0.25) is 0 Å². The first-order valence-corrected chi connectivity index (χ1v) is 5.08. The second-order valence-electron chi connectivity index (χ2n) is 4.01. The van der Waals surface area contributed by atoms with Crippen LogP contribution in [0.1, 0.15) is 42.5 Å². The number of H-pyrrole nitrogens is 1. The fourth-order valence-electron chi connectivity index (χ4n) is 2.14. The highest BCUT2D eigenvalue weighted by Crippen LogP contribution is 2.28. The Morgan fingerprint density at radius 2 is 2.43 bits per heavy atom. The summed E-state index contributed by atoms with van der Waals surface area (Å²) < 4.78 is 0. The zero-order valence-corrected chi connectivity index (χ0v) is 8.34. The van der Waals surface area contributed by atoms with Gasteiger partial charge >= 0.3 is 0 Å². The molecule has 2 rings (SSSR count). The summed E-state index contributed by atoms with van der Waals surface area (Å²) in [5.74, 6) is 0.444. The third kappa shape index (κ3) is 1.48. The van der Waals surface area contributed by atoms with Crippen molar-refractivity contribution in [1.82, 2.24) is 4.98 Å². The molecule has 1 atom stereocenters. The lowest BCUT2D eigenvalue weighted by Gasteiger charge is -2.21. The second-order valence-corrected chi connectivity index (χ2v) is 4.01. The maximum atomic E-state index is 11.5. The molecule has 0 saturated heterocycles. The minimum Gasteiger partial charge on any atom is -0.391 e. The summed E-state index contributed by atoms with van der Waals surface area (Å²) in [5, 5.41) is 8.97. The van der Waals surface area contributed by atoms with Crippen molar-refractivity contribution in [3.05, 3.63) is 33.2 Å². The largest absolute Gasteiger partial charge is 0.391 e. The Morgan fingerprint density at radius 3 is 3.14 bits per heavy atom. The molecule has 0 aromatic carbocycles. The molecule has 0 aliphatic heterocycles. The molecule has 0 radical (unpaired) electrons. The topological polar surface area (TPSA) is 53.1 Å². The van der Waals surface area contributed by atoms with Crippen molar-refractivity contribution in [2.45, 2.75) is 38.7 Å². The summed E-state index contributed by atoms with van der Waals surface area (Å²) in [6.07, 6.45) is 3.33. The van der Waals surface area contributed by atoms with E-state index >= 15 is 0 Å². The van der Waals surface area contributed by atoms with Crippen LogP contribution in [0.25, 0.3) is 0 Å². The molecule has 1 unspecified atom stereocenters. The Kier molecular flexibility index (Phi) is 2.42. The summed E-state index contributed by atoms with van der Waals surface area (Å²) in [6, 6.07) is 1.85. The predicted molar refractivity (Wildman–Crippen MR) is 54.3 cm³/mol. The molecule has 3 nitrogen and oxygen atoms in total. The maximum absolute atomic E-state index is 11.5. The maximum Gasteiger partial charge on any atom is 0.253 e. The van der Waals surface area contributed by atoms with Crippen LogP contribution in [0.5, 0.6) is 0 Å². The van der Waals surface area contributed by atoms with E-state index in [0.29, 0.717) is 11.5 Å². The average Bonchev–Trinajstić information content (AvgIpc) is 2.19. The highest BCUT2D eigenvalue weighted by Gasteiger charge is 2.18. The molecule has 1 aromatic rings. The number of aromatic amines is 1. The van der Waals surface area contributed by atoms with Gasteiger partial charge in [-0.05, 0) is 36.8 Å². The van der Waals surface area contributed by atoms with Crippen molar-refractivity contribution in [3.8, 4) is 0 Å². The molecule has 1 heterocycles. The van der Waals surface area contributed by atoms with Crippen LogP contribution >= 0.6 is 0 Å². The number of aliphatic hydroxyl groups excluding tert-OH is 1. The summed E-state index contributed by atoms with van der Waals surface area (Å²) in [4.78, 5) is 14.3. The molecule has 76 valence electrons. The zero-order valence-electron chi connectivity index (χ0n) is 8.34. The number of pyridine rings is 1. The fraction of sp³-hybridized carbons (Fsp3) is 0.545. The number of hydrogen-bond acceptors (Lipinski definition) is 2. The Hall–Kier alpha value is -1.09. The van der Waals surface area contributed by atoms with E-state index in [-0.39, 0.29) is 12.2 Å². The highest BCUT2D eigenvalue weighted by atomic mass is 16.3. The smallest absolute Gasteiger partial charge is 0.253 e. The van der Waals surface area contributed by atoms with Crippen molar-refractivity contribution in [1.29, 1.82) is 0 Å². The zero-order chi connectivity index (χ0) is 10.1. The van der Waals surface area contributed by atoms with Gasteiger partial charge in [0.15, 0.2) is 0 Å². The van der Waals surface area contributed by atoms with E-state index in [4.69, 9.17) is 5.11 Å². The van der Waals surface area contributed by atoms with Gasteiger partial charge in [-0.2, -0.15) is 0 Å². The third-order valence-electron chi connectivity index (χ3n) is 2.98. The number of fused-ring (bicyclic) bond motifs is 1. The summed E-state index contributed by atoms with van der Waals surface area (Å²) in [5.41, 5.74) is 2.61. The summed E-state index contributed by atoms with van der Waals surface area (Å²) in [6.45, 7) is 1.96. The highest BCUT2D eigenvalue weighted by molar-refractivity contribution is 5.29. The molecule has 1 aliphatic rings. The Morgan fingerprint density at radius 1 is 1.64 bits per heavy atom. The van der Waals surface area contributed by atoms with Gasteiger partial charge in [-0.15, -0.1) is 0 Å². The number of aryl methyl sites for hydroxylation is 1. The van der Waals surface area contributed by atoms with E-state index in [1.165, 1.54) is 12.0 Å². The molecular formula is C11H15NO2. The van der Waals surface area contributed by atoms with Crippen molar-refractivity contribution in [3.63, 3.8) is 0 Å². The molecule has 0 bridgehead atoms. The minimum absolute atomic E-state index is 0.139. The summed E-state index contributed by atoms with van der Waals surface area (Å²) in [7, 11) is 0. The van der Waals surface area contributed by atoms with Crippen LogP contribution in [0.3, 0.4) is 0 Å². The quantitative estimate of drug-likeness (QED) is 0.706. The first kappa shape index (κ1) is 9.46. The van der Waals surface area contributed by atoms with Gasteiger partial charge in [0.1, 0.15) is 0 Å². The van der Waals surface area contributed by atoms with Crippen molar-refractivity contribution >= 4 is 0 Å². The third-order valence-corrected chi connectivity index (χ3v) is 2.98. The van der Waals surface area contributed by atoms with Gasteiger partial charge in [-0.1, -0.05) is 6.92 Å². The number of aromatic nitrogens is 1. The molecular weight excluding hydrogens is 178 g/mol. The standard InChI is InChI=1S/C11H15NO2/c1-7-3-2-4-8-5-9(6-13)11(14)12-10(7)8/h5,7,13H,2-4,6H2,1H3,(H,12,14). The molecule has 2 N–H and O–H groups in total. The van der Waals surface area contributed by atoms with E-state index in [2.05, 4.69) is 11.9 Å². The van der Waals surface area contributed by atoms with Crippen LogP contribution < -0.4 is 5.56 Å². The van der Waals surface area contributed by atoms with E-state index < -0.39 is 0 Å². The lowest BCUT2D eigenvalue weighted by molar-refractivity contribution is 0.279. The van der Waals surface area contributed by atoms with Crippen molar-refractivity contribution < 1.29 is 5.11 Å². The molecule has 1 aromatic heterocycles. The molecule has 0 saturated carbocycles. The van der Waals surface area contributed by atoms with Crippen molar-refractivity contribution in [2.75, 3.05) is 0 Å². The van der Waals surface area contributed by atoms with Gasteiger partial charge in [-0.25, -0.2) is 0 Å². The van der Waals surface area contributed by atoms with Gasteiger partial charge < -0.3 is 10.1 Å². The molecule has 14 heavy (non-hydrogen) atoms. The second kappa shape index (κ2) is 3.58. The normalized spacial score (nSPS) is 20.6. The Bertz CT molecular complexity index is 395. The lowest BCUT2D eigenvalue weighted by atomic mass is 9.87. The Labute approximate surface area is 82.8 Å². The number of hydrogen-bond donors (Lipinski definition) is 2.